The second-order valence-electron chi connectivity index (χ2n) is 6.99. The minimum Gasteiger partial charge on any atom is -0.384 e. The van der Waals surface area contributed by atoms with Crippen LogP contribution in [-0.4, -0.2) is 26.4 Å². The molecule has 112 valence electrons. The van der Waals surface area contributed by atoms with Crippen molar-refractivity contribution in [1.29, 1.82) is 0 Å². The molecule has 2 rings (SSSR count). The van der Waals surface area contributed by atoms with Crippen LogP contribution in [0.2, 0.25) is 0 Å². The smallest absolute Gasteiger partial charge is 0.0575 e. The molecule has 2 aliphatic rings. The highest BCUT2D eigenvalue weighted by atomic mass is 16.5. The normalized spacial score (nSPS) is 26.2. The molecule has 0 spiro atoms. The Hall–Kier alpha value is -0.0800. The van der Waals surface area contributed by atoms with Gasteiger partial charge in [-0.25, -0.2) is 0 Å². The van der Waals surface area contributed by atoms with Crippen LogP contribution in [0.15, 0.2) is 0 Å². The molecule has 0 heterocycles. The molecule has 0 aromatic rings. The summed E-state index contributed by atoms with van der Waals surface area (Å²) < 4.78 is 11.8. The summed E-state index contributed by atoms with van der Waals surface area (Å²) in [5.41, 5.74) is 0.229. The summed E-state index contributed by atoms with van der Waals surface area (Å²) >= 11 is 0. The Labute approximate surface area is 119 Å². The monoisotopic (exact) mass is 268 g/mol. The molecule has 2 saturated carbocycles. The van der Waals surface area contributed by atoms with Gasteiger partial charge in [0.25, 0.3) is 0 Å². The second-order valence-corrected chi connectivity index (χ2v) is 6.99. The Kier molecular flexibility index (Phi) is 6.15. The standard InChI is InChI=1S/C17H32O2/c1-17(13-18-2,15-9-5-3-6-10-15)14-19-16-11-7-4-8-12-16/h15-16H,3-14H2,1-2H3. The molecule has 0 N–H and O–H groups in total. The van der Waals surface area contributed by atoms with Crippen molar-refractivity contribution in [3.63, 3.8) is 0 Å². The third-order valence-corrected chi connectivity index (χ3v) is 5.27. The van der Waals surface area contributed by atoms with E-state index in [0.717, 1.165) is 19.1 Å². The first-order valence-corrected chi connectivity index (χ1v) is 8.35. The third kappa shape index (κ3) is 4.46. The Morgan fingerprint density at radius 1 is 0.842 bits per heavy atom. The molecular formula is C17H32O2. The van der Waals surface area contributed by atoms with E-state index in [1.54, 1.807) is 0 Å². The fraction of sp³-hybridized carbons (Fsp3) is 1.00. The van der Waals surface area contributed by atoms with E-state index in [1.807, 2.05) is 7.11 Å². The molecule has 1 atom stereocenters. The molecule has 0 aliphatic heterocycles. The fourth-order valence-corrected chi connectivity index (χ4v) is 3.95. The maximum atomic E-state index is 6.27. The van der Waals surface area contributed by atoms with E-state index in [-0.39, 0.29) is 5.41 Å². The van der Waals surface area contributed by atoms with Crippen molar-refractivity contribution in [2.24, 2.45) is 11.3 Å². The summed E-state index contributed by atoms with van der Waals surface area (Å²) in [5.74, 6) is 0.796. The van der Waals surface area contributed by atoms with Gasteiger partial charge in [-0.05, 0) is 31.6 Å². The van der Waals surface area contributed by atoms with Crippen molar-refractivity contribution in [2.45, 2.75) is 77.2 Å². The molecule has 2 fully saturated rings. The molecule has 0 aromatic carbocycles. The Morgan fingerprint density at radius 3 is 2.00 bits per heavy atom. The molecule has 2 aliphatic carbocycles. The lowest BCUT2D eigenvalue weighted by Gasteiger charge is -2.40. The summed E-state index contributed by atoms with van der Waals surface area (Å²) in [5, 5.41) is 0. The summed E-state index contributed by atoms with van der Waals surface area (Å²) in [4.78, 5) is 0. The average molecular weight is 268 g/mol. The van der Waals surface area contributed by atoms with Crippen LogP contribution in [0.1, 0.15) is 71.1 Å². The first-order chi connectivity index (χ1) is 9.24. The Bertz CT molecular complexity index is 242. The zero-order valence-corrected chi connectivity index (χ0v) is 13.0. The van der Waals surface area contributed by atoms with Crippen LogP contribution < -0.4 is 0 Å². The van der Waals surface area contributed by atoms with Gasteiger partial charge in [0.05, 0.1) is 19.3 Å². The highest BCUT2D eigenvalue weighted by molar-refractivity contribution is 4.85. The van der Waals surface area contributed by atoms with Gasteiger partial charge in [-0.1, -0.05) is 45.4 Å². The number of methoxy groups -OCH3 is 1. The average Bonchev–Trinajstić information content (AvgIpc) is 2.48. The lowest BCUT2D eigenvalue weighted by atomic mass is 9.70. The quantitative estimate of drug-likeness (QED) is 0.702. The highest BCUT2D eigenvalue weighted by Crippen LogP contribution is 2.39. The van der Waals surface area contributed by atoms with Gasteiger partial charge in [0.2, 0.25) is 0 Å². The van der Waals surface area contributed by atoms with Crippen molar-refractivity contribution >= 4 is 0 Å². The van der Waals surface area contributed by atoms with Crippen molar-refractivity contribution in [3.05, 3.63) is 0 Å². The van der Waals surface area contributed by atoms with Gasteiger partial charge >= 0.3 is 0 Å². The Balaban J connectivity index is 1.85. The van der Waals surface area contributed by atoms with E-state index in [4.69, 9.17) is 9.47 Å². The zero-order chi connectivity index (χ0) is 13.6. The molecule has 1 unspecified atom stereocenters. The van der Waals surface area contributed by atoms with Gasteiger partial charge in [0.1, 0.15) is 0 Å². The van der Waals surface area contributed by atoms with E-state index in [2.05, 4.69) is 6.92 Å². The van der Waals surface area contributed by atoms with E-state index in [9.17, 15) is 0 Å². The fourth-order valence-electron chi connectivity index (χ4n) is 3.95. The predicted octanol–water partition coefficient (Wildman–Crippen LogP) is 4.57. The summed E-state index contributed by atoms with van der Waals surface area (Å²) in [6, 6.07) is 0. The van der Waals surface area contributed by atoms with E-state index < -0.39 is 0 Å². The van der Waals surface area contributed by atoms with Gasteiger partial charge in [-0.3, -0.25) is 0 Å². The second kappa shape index (κ2) is 7.64. The minimum absolute atomic E-state index is 0.229. The molecule has 19 heavy (non-hydrogen) atoms. The molecule has 0 saturated heterocycles. The van der Waals surface area contributed by atoms with Crippen LogP contribution in [0, 0.1) is 11.3 Å². The minimum atomic E-state index is 0.229. The van der Waals surface area contributed by atoms with Crippen molar-refractivity contribution < 1.29 is 9.47 Å². The van der Waals surface area contributed by atoms with E-state index in [0.29, 0.717) is 6.10 Å². The predicted molar refractivity (Wildman–Crippen MR) is 79.4 cm³/mol. The maximum Gasteiger partial charge on any atom is 0.0575 e. The number of hydrogen-bond acceptors (Lipinski definition) is 2. The number of ether oxygens (including phenoxy) is 2. The number of hydrogen-bond donors (Lipinski definition) is 0. The van der Waals surface area contributed by atoms with Crippen molar-refractivity contribution in [2.75, 3.05) is 20.3 Å². The van der Waals surface area contributed by atoms with Crippen LogP contribution in [0.25, 0.3) is 0 Å². The summed E-state index contributed by atoms with van der Waals surface area (Å²) in [6.07, 6.45) is 14.1. The molecule has 2 heteroatoms. The van der Waals surface area contributed by atoms with Crippen LogP contribution in [-0.2, 0) is 9.47 Å². The van der Waals surface area contributed by atoms with Gasteiger partial charge in [-0.15, -0.1) is 0 Å². The van der Waals surface area contributed by atoms with Crippen LogP contribution in [0.5, 0.6) is 0 Å². The largest absolute Gasteiger partial charge is 0.384 e. The molecule has 0 radical (unpaired) electrons. The van der Waals surface area contributed by atoms with Gasteiger partial charge < -0.3 is 9.47 Å². The molecular weight excluding hydrogens is 236 g/mol. The topological polar surface area (TPSA) is 18.5 Å². The SMILES string of the molecule is COCC(C)(COC1CCCCC1)C1CCCCC1. The zero-order valence-electron chi connectivity index (χ0n) is 13.0. The summed E-state index contributed by atoms with van der Waals surface area (Å²) in [7, 11) is 1.84. The maximum absolute atomic E-state index is 6.27. The third-order valence-electron chi connectivity index (χ3n) is 5.27. The van der Waals surface area contributed by atoms with E-state index in [1.165, 1.54) is 64.2 Å². The lowest BCUT2D eigenvalue weighted by Crippen LogP contribution is -2.39. The van der Waals surface area contributed by atoms with Gasteiger partial charge in [0, 0.05) is 12.5 Å². The van der Waals surface area contributed by atoms with Crippen LogP contribution in [0.3, 0.4) is 0 Å². The first-order valence-electron chi connectivity index (χ1n) is 8.35. The number of rotatable bonds is 6. The van der Waals surface area contributed by atoms with Crippen LogP contribution >= 0.6 is 0 Å². The Morgan fingerprint density at radius 2 is 1.42 bits per heavy atom. The highest BCUT2D eigenvalue weighted by Gasteiger charge is 2.36. The van der Waals surface area contributed by atoms with Gasteiger partial charge in [0.15, 0.2) is 0 Å². The molecule has 0 aromatic heterocycles. The molecule has 2 nitrogen and oxygen atoms in total. The van der Waals surface area contributed by atoms with E-state index >= 15 is 0 Å². The lowest BCUT2D eigenvalue weighted by molar-refractivity contribution is -0.0753. The van der Waals surface area contributed by atoms with Crippen molar-refractivity contribution in [3.8, 4) is 0 Å². The first kappa shape index (κ1) is 15.3. The molecule has 0 amide bonds. The molecule has 0 bridgehead atoms. The van der Waals surface area contributed by atoms with Crippen molar-refractivity contribution in [1.82, 2.24) is 0 Å². The summed E-state index contributed by atoms with van der Waals surface area (Å²) in [6.45, 7) is 4.13. The van der Waals surface area contributed by atoms with Crippen LogP contribution in [0.4, 0.5) is 0 Å². The van der Waals surface area contributed by atoms with Gasteiger partial charge in [-0.2, -0.15) is 0 Å².